The number of nitrogens with zero attached hydrogens (tertiary/aromatic N) is 2. The fraction of sp³-hybridized carbons (Fsp3) is 0. The molecule has 0 N–H and O–H groups in total. The summed E-state index contributed by atoms with van der Waals surface area (Å²) >= 11 is -5.75. The SMILES string of the molecule is N#[C][Fe+3][C]#N.[F-].[O]=[Cr](=[O])([O-])[O-]. The number of hydrogen-bond donors (Lipinski definition) is 0. The number of halogens is 1. The Kier molecular flexibility index (Phi) is 14.5. The summed E-state index contributed by atoms with van der Waals surface area (Å²) in [6, 6.07) is 0. The molecule has 6 nitrogen and oxygen atoms in total. The zero-order chi connectivity index (χ0) is 8.62. The molecule has 0 unspecified atom stereocenters. The van der Waals surface area contributed by atoms with Gasteiger partial charge in [-0.1, -0.05) is 0 Å². The van der Waals surface area contributed by atoms with Gasteiger partial charge in [-0.3, -0.25) is 0 Å². The van der Waals surface area contributed by atoms with Crippen LogP contribution in [0, 0.1) is 20.5 Å². The monoisotopic (exact) mass is 243 g/mol. The fourth-order valence-corrected chi connectivity index (χ4v) is 0.0729. The summed E-state index contributed by atoms with van der Waals surface area (Å²) < 4.78 is 34.4. The maximum atomic E-state index is 8.59. The summed E-state index contributed by atoms with van der Waals surface area (Å²) in [5.74, 6) is 0. The van der Waals surface area contributed by atoms with E-state index in [0.717, 1.165) is 0 Å². The molecule has 0 saturated carbocycles. The Morgan fingerprint density at radius 1 is 1.18 bits per heavy atom. The second kappa shape index (κ2) is 9.48. The van der Waals surface area contributed by atoms with Gasteiger partial charge in [0.25, 0.3) is 0 Å². The van der Waals surface area contributed by atoms with Crippen molar-refractivity contribution in [3.63, 3.8) is 0 Å². The number of nitriles is 2. The molecule has 0 rings (SSSR count). The molecule has 0 aromatic rings. The predicted molar refractivity (Wildman–Crippen MR) is 12.6 cm³/mol. The molecule has 0 aliphatic rings. The Morgan fingerprint density at radius 2 is 1.36 bits per heavy atom. The molecule has 0 atom stereocenters. The van der Waals surface area contributed by atoms with E-state index < -0.39 is 13.6 Å². The van der Waals surface area contributed by atoms with Crippen LogP contribution in [-0.2, 0) is 36.2 Å². The Bertz CT molecular complexity index is 230. The van der Waals surface area contributed by atoms with E-state index >= 15 is 0 Å². The summed E-state index contributed by atoms with van der Waals surface area (Å²) in [6.07, 6.45) is 0. The van der Waals surface area contributed by atoms with Crippen LogP contribution in [0.15, 0.2) is 0 Å². The molecule has 0 aliphatic heterocycles. The van der Waals surface area contributed by atoms with Crippen molar-refractivity contribution in [3.05, 3.63) is 0 Å². The fourth-order valence-electron chi connectivity index (χ4n) is 0.0177. The molecule has 0 aromatic carbocycles. The van der Waals surface area contributed by atoms with Gasteiger partial charge in [0.05, 0.1) is 0 Å². The van der Waals surface area contributed by atoms with Crippen molar-refractivity contribution >= 4 is 0 Å². The Labute approximate surface area is 70.0 Å². The van der Waals surface area contributed by atoms with E-state index in [-0.39, 0.29) is 19.7 Å². The number of hydrogen-bond acceptors (Lipinski definition) is 6. The van der Waals surface area contributed by atoms with Crippen molar-refractivity contribution < 1.29 is 49.2 Å². The van der Waals surface area contributed by atoms with Crippen molar-refractivity contribution in [2.75, 3.05) is 0 Å². The Hall–Kier alpha value is -0.518. The molecule has 0 aromatic heterocycles. The van der Waals surface area contributed by atoms with Gasteiger partial charge in [0.2, 0.25) is 0 Å². The maximum absolute atomic E-state index is 8.59. The van der Waals surface area contributed by atoms with Crippen LogP contribution in [0.1, 0.15) is 0 Å². The van der Waals surface area contributed by atoms with Crippen molar-refractivity contribution in [2.45, 2.75) is 0 Å². The summed E-state index contributed by atoms with van der Waals surface area (Å²) in [6.45, 7) is 0. The van der Waals surface area contributed by atoms with Crippen molar-refractivity contribution in [1.29, 1.82) is 10.5 Å². The van der Waals surface area contributed by atoms with Crippen LogP contribution in [0.25, 0.3) is 0 Å². The summed E-state index contributed by atoms with van der Waals surface area (Å²) in [5.41, 5.74) is 0. The first-order chi connectivity index (χ1) is 4.41. The van der Waals surface area contributed by atoms with Crippen LogP contribution < -0.4 is 13.0 Å². The van der Waals surface area contributed by atoms with Crippen LogP contribution in [-0.4, -0.2) is 0 Å². The van der Waals surface area contributed by atoms with E-state index in [1.54, 1.807) is 9.94 Å². The van der Waals surface area contributed by atoms with E-state index in [1.165, 1.54) is 0 Å². The second-order valence-corrected chi connectivity index (χ2v) is 2.70. The van der Waals surface area contributed by atoms with Crippen molar-refractivity contribution in [3.8, 4) is 9.94 Å². The second-order valence-electron chi connectivity index (χ2n) is 0.655. The summed E-state index contributed by atoms with van der Waals surface area (Å²) in [4.78, 5) is 3.31. The molecule has 0 amide bonds. The first-order valence-corrected chi connectivity index (χ1v) is 4.65. The van der Waals surface area contributed by atoms with Gasteiger partial charge in [-0.15, -0.1) is 0 Å². The van der Waals surface area contributed by atoms with E-state index in [4.69, 9.17) is 26.4 Å². The molecule has 0 aliphatic carbocycles. The van der Waals surface area contributed by atoms with Crippen molar-refractivity contribution in [2.24, 2.45) is 0 Å². The van der Waals surface area contributed by atoms with Gasteiger partial charge in [0.15, 0.2) is 0 Å². The van der Waals surface area contributed by atoms with Gasteiger partial charge in [-0.2, -0.15) is 0 Å². The van der Waals surface area contributed by atoms with Crippen LogP contribution in [0.4, 0.5) is 0 Å². The molecular weight excluding hydrogens is 243 g/mol. The molecule has 0 bridgehead atoms. The Morgan fingerprint density at radius 3 is 1.36 bits per heavy atom. The zero-order valence-corrected chi connectivity index (χ0v) is 7.05. The van der Waals surface area contributed by atoms with Gasteiger partial charge in [0, 0.05) is 0 Å². The predicted octanol–water partition coefficient (Wildman–Crippen LogP) is -5.58. The van der Waals surface area contributed by atoms with Crippen LogP contribution in [0.3, 0.4) is 0 Å². The first-order valence-electron chi connectivity index (χ1n) is 1.47. The third-order valence-corrected chi connectivity index (χ3v) is 0.326. The summed E-state index contributed by atoms with van der Waals surface area (Å²) in [5, 5.41) is 15.2. The minimum absolute atomic E-state index is 0. The average molecular weight is 243 g/mol. The van der Waals surface area contributed by atoms with E-state index in [1.807, 2.05) is 0 Å². The van der Waals surface area contributed by atoms with Crippen molar-refractivity contribution in [1.82, 2.24) is 0 Å². The van der Waals surface area contributed by atoms with Gasteiger partial charge < -0.3 is 4.70 Å². The van der Waals surface area contributed by atoms with E-state index in [2.05, 4.69) is 0 Å². The first kappa shape index (κ1) is 16.8. The third-order valence-electron chi connectivity index (χ3n) is 0.0791. The van der Waals surface area contributed by atoms with Gasteiger partial charge in [-0.05, 0) is 0 Å². The quantitative estimate of drug-likeness (QED) is 0.390. The topological polar surface area (TPSA) is 128 Å². The molecule has 0 radical (unpaired) electrons. The normalized spacial score (nSPS) is 6.91. The zero-order valence-electron chi connectivity index (χ0n) is 4.67. The van der Waals surface area contributed by atoms with Gasteiger partial charge in [-0.25, -0.2) is 0 Å². The van der Waals surface area contributed by atoms with Crippen LogP contribution in [0.2, 0.25) is 0 Å². The molecule has 63 valence electrons. The van der Waals surface area contributed by atoms with E-state index in [9.17, 15) is 0 Å². The molecule has 9 heteroatoms. The molecular formula is C2CrFFeN2O4. The molecule has 0 fully saturated rings. The van der Waals surface area contributed by atoms with Gasteiger partial charge in [0.1, 0.15) is 0 Å². The summed E-state index contributed by atoms with van der Waals surface area (Å²) in [7, 11) is 0. The van der Waals surface area contributed by atoms with Crippen LogP contribution >= 0.6 is 0 Å². The molecule has 0 heterocycles. The van der Waals surface area contributed by atoms with Gasteiger partial charge >= 0.3 is 65.0 Å². The number of rotatable bonds is 0. The molecule has 0 saturated heterocycles. The minimum atomic E-state index is -5.75. The standard InChI is InChI=1S/2CN.Cr.FH.Fe.4O/c2*1-2;;;;;;;/h;;;1H;;;;;/q;;;;+3;;;2*-1/p-1. The average Bonchev–Trinajstić information content (AvgIpc) is 1.63. The van der Waals surface area contributed by atoms with E-state index in [0.29, 0.717) is 0 Å². The molecule has 11 heavy (non-hydrogen) atoms. The third kappa shape index (κ3) is 242. The molecule has 0 spiro atoms. The van der Waals surface area contributed by atoms with Crippen LogP contribution in [0.5, 0.6) is 0 Å². The Balaban J connectivity index is -0.000000107.